The minimum absolute atomic E-state index is 0.0622. The second kappa shape index (κ2) is 4.68. The summed E-state index contributed by atoms with van der Waals surface area (Å²) in [7, 11) is 0. The first kappa shape index (κ1) is 14.0. The van der Waals surface area contributed by atoms with Crippen molar-refractivity contribution in [2.45, 2.75) is 41.0 Å². The molecule has 0 radical (unpaired) electrons. The standard InChI is InChI=1S/C17H26/c1-13(2)16(6)10-8-15(5)9-11-17(7,12-16)14(3)4/h8-11,15H,1,3,12H2,2,4-7H3/b10-8-,11-9-. The summed E-state index contributed by atoms with van der Waals surface area (Å²) in [6.45, 7) is 19.4. The van der Waals surface area contributed by atoms with Crippen molar-refractivity contribution in [3.63, 3.8) is 0 Å². The van der Waals surface area contributed by atoms with Crippen LogP contribution in [0.25, 0.3) is 0 Å². The van der Waals surface area contributed by atoms with Gasteiger partial charge in [0.05, 0.1) is 0 Å². The zero-order valence-electron chi connectivity index (χ0n) is 12.0. The fraction of sp³-hybridized carbons (Fsp3) is 0.529. The molecule has 0 fully saturated rings. The van der Waals surface area contributed by atoms with Crippen molar-refractivity contribution in [2.24, 2.45) is 16.7 Å². The zero-order chi connectivity index (χ0) is 13.3. The van der Waals surface area contributed by atoms with E-state index >= 15 is 0 Å². The Kier molecular flexibility index (Phi) is 3.86. The van der Waals surface area contributed by atoms with Gasteiger partial charge in [-0.05, 0) is 26.2 Å². The summed E-state index contributed by atoms with van der Waals surface area (Å²) in [4.78, 5) is 0. The fourth-order valence-electron chi connectivity index (χ4n) is 2.26. The highest BCUT2D eigenvalue weighted by atomic mass is 14.4. The molecule has 2 atom stereocenters. The topological polar surface area (TPSA) is 0 Å². The van der Waals surface area contributed by atoms with Crippen LogP contribution in [0.4, 0.5) is 0 Å². The summed E-state index contributed by atoms with van der Waals surface area (Å²) in [5, 5.41) is 0. The largest absolute Gasteiger partial charge is 0.0993 e. The zero-order valence-corrected chi connectivity index (χ0v) is 12.0. The second-order valence-corrected chi connectivity index (χ2v) is 6.15. The first-order chi connectivity index (χ1) is 7.69. The second-order valence-electron chi connectivity index (χ2n) is 6.15. The van der Waals surface area contributed by atoms with Crippen molar-refractivity contribution >= 4 is 0 Å². The summed E-state index contributed by atoms with van der Waals surface area (Å²) in [5.74, 6) is 0.479. The summed E-state index contributed by atoms with van der Waals surface area (Å²) >= 11 is 0. The SMILES string of the molecule is C=C(C)C1(C)/C=C\C(C)/C=C\C(C)(C(=C)C)C1. The summed E-state index contributed by atoms with van der Waals surface area (Å²) in [6, 6.07) is 0. The lowest BCUT2D eigenvalue weighted by atomic mass is 9.65. The summed E-state index contributed by atoms with van der Waals surface area (Å²) in [6.07, 6.45) is 10.3. The van der Waals surface area contributed by atoms with Gasteiger partial charge in [0.25, 0.3) is 0 Å². The first-order valence-corrected chi connectivity index (χ1v) is 6.40. The van der Waals surface area contributed by atoms with Crippen molar-refractivity contribution in [3.8, 4) is 0 Å². The molecule has 0 aromatic rings. The third-order valence-electron chi connectivity index (χ3n) is 4.22. The summed E-state index contributed by atoms with van der Waals surface area (Å²) < 4.78 is 0. The van der Waals surface area contributed by atoms with Gasteiger partial charge in [0.15, 0.2) is 0 Å². The quantitative estimate of drug-likeness (QED) is 0.564. The van der Waals surface area contributed by atoms with Crippen LogP contribution in [-0.2, 0) is 0 Å². The molecule has 0 heterocycles. The minimum Gasteiger partial charge on any atom is -0.0993 e. The Balaban J connectivity index is 3.22. The molecular formula is C17H26. The molecule has 0 aromatic carbocycles. The van der Waals surface area contributed by atoms with Gasteiger partial charge >= 0.3 is 0 Å². The van der Waals surface area contributed by atoms with Crippen molar-refractivity contribution < 1.29 is 0 Å². The third-order valence-corrected chi connectivity index (χ3v) is 4.22. The average Bonchev–Trinajstić information content (AvgIpc) is 2.21. The van der Waals surface area contributed by atoms with E-state index in [1.54, 1.807) is 0 Å². The molecule has 0 amide bonds. The van der Waals surface area contributed by atoms with E-state index in [4.69, 9.17) is 0 Å². The number of rotatable bonds is 2. The lowest BCUT2D eigenvalue weighted by Gasteiger charge is -2.39. The molecule has 1 aliphatic carbocycles. The van der Waals surface area contributed by atoms with Gasteiger partial charge in [-0.25, -0.2) is 0 Å². The molecule has 1 aliphatic rings. The first-order valence-electron chi connectivity index (χ1n) is 6.40. The highest BCUT2D eigenvalue weighted by molar-refractivity contribution is 5.27. The molecule has 1 rings (SSSR count). The van der Waals surface area contributed by atoms with E-state index in [-0.39, 0.29) is 10.8 Å². The number of hydrogen-bond donors (Lipinski definition) is 0. The molecule has 17 heavy (non-hydrogen) atoms. The maximum Gasteiger partial charge on any atom is 0.00684 e. The van der Waals surface area contributed by atoms with E-state index in [0.29, 0.717) is 5.92 Å². The lowest BCUT2D eigenvalue weighted by molar-refractivity contribution is 0.327. The maximum atomic E-state index is 4.17. The van der Waals surface area contributed by atoms with E-state index in [1.165, 1.54) is 11.1 Å². The van der Waals surface area contributed by atoms with Crippen LogP contribution in [0.15, 0.2) is 48.6 Å². The smallest absolute Gasteiger partial charge is 0.00684 e. The van der Waals surface area contributed by atoms with Gasteiger partial charge < -0.3 is 0 Å². The molecule has 0 N–H and O–H groups in total. The number of hydrogen-bond acceptors (Lipinski definition) is 0. The van der Waals surface area contributed by atoms with Crippen molar-refractivity contribution in [1.82, 2.24) is 0 Å². The van der Waals surface area contributed by atoms with Crippen LogP contribution >= 0.6 is 0 Å². The van der Waals surface area contributed by atoms with Crippen molar-refractivity contribution in [2.75, 3.05) is 0 Å². The Morgan fingerprint density at radius 3 is 1.65 bits per heavy atom. The highest BCUT2D eigenvalue weighted by Gasteiger charge is 2.34. The van der Waals surface area contributed by atoms with E-state index in [2.05, 4.69) is 72.1 Å². The van der Waals surface area contributed by atoms with Crippen LogP contribution in [0, 0.1) is 16.7 Å². The Morgan fingerprint density at radius 1 is 1.00 bits per heavy atom. The number of allylic oxidation sites excluding steroid dienone is 6. The lowest BCUT2D eigenvalue weighted by Crippen LogP contribution is -2.27. The van der Waals surface area contributed by atoms with E-state index in [1.807, 2.05) is 0 Å². The van der Waals surface area contributed by atoms with Gasteiger partial charge in [-0.15, -0.1) is 0 Å². The predicted molar refractivity (Wildman–Crippen MR) is 77.9 cm³/mol. The molecule has 0 bridgehead atoms. The third kappa shape index (κ3) is 3.00. The molecule has 0 aromatic heterocycles. The van der Waals surface area contributed by atoms with Crippen LogP contribution in [-0.4, -0.2) is 0 Å². The molecule has 0 saturated heterocycles. The molecule has 0 spiro atoms. The van der Waals surface area contributed by atoms with Gasteiger partial charge in [-0.3, -0.25) is 0 Å². The fourth-order valence-corrected chi connectivity index (χ4v) is 2.26. The van der Waals surface area contributed by atoms with Crippen molar-refractivity contribution in [3.05, 3.63) is 48.6 Å². The van der Waals surface area contributed by atoms with Gasteiger partial charge in [-0.1, -0.05) is 69.4 Å². The molecule has 2 unspecified atom stereocenters. The molecule has 94 valence electrons. The predicted octanol–water partition coefficient (Wildman–Crippen LogP) is 5.30. The van der Waals surface area contributed by atoms with Gasteiger partial charge in [0.2, 0.25) is 0 Å². The Hall–Kier alpha value is -1.04. The average molecular weight is 230 g/mol. The highest BCUT2D eigenvalue weighted by Crippen LogP contribution is 2.45. The van der Waals surface area contributed by atoms with E-state index in [9.17, 15) is 0 Å². The van der Waals surface area contributed by atoms with Crippen LogP contribution < -0.4 is 0 Å². The van der Waals surface area contributed by atoms with Crippen LogP contribution in [0.1, 0.15) is 41.0 Å². The van der Waals surface area contributed by atoms with Crippen LogP contribution in [0.5, 0.6) is 0 Å². The van der Waals surface area contributed by atoms with Crippen molar-refractivity contribution in [1.29, 1.82) is 0 Å². The Bertz CT molecular complexity index is 347. The van der Waals surface area contributed by atoms with E-state index in [0.717, 1.165) is 6.42 Å². The maximum absolute atomic E-state index is 4.17. The Morgan fingerprint density at radius 2 is 1.35 bits per heavy atom. The van der Waals surface area contributed by atoms with Crippen LogP contribution in [0.3, 0.4) is 0 Å². The molecule has 0 nitrogen and oxygen atoms in total. The molecular weight excluding hydrogens is 204 g/mol. The van der Waals surface area contributed by atoms with Crippen LogP contribution in [0.2, 0.25) is 0 Å². The van der Waals surface area contributed by atoms with Gasteiger partial charge in [0, 0.05) is 10.8 Å². The molecule has 0 saturated carbocycles. The molecule has 0 aliphatic heterocycles. The van der Waals surface area contributed by atoms with Gasteiger partial charge in [0.1, 0.15) is 0 Å². The van der Waals surface area contributed by atoms with E-state index < -0.39 is 0 Å². The normalized spacial score (nSPS) is 41.1. The minimum atomic E-state index is 0.0622. The molecule has 0 heteroatoms. The summed E-state index contributed by atoms with van der Waals surface area (Å²) in [5.41, 5.74) is 2.58. The monoisotopic (exact) mass is 230 g/mol. The van der Waals surface area contributed by atoms with Gasteiger partial charge in [-0.2, -0.15) is 0 Å². The Labute approximate surface area is 107 Å².